The lowest BCUT2D eigenvalue weighted by Crippen LogP contribution is -2.17. The van der Waals surface area contributed by atoms with Crippen LogP contribution in [0.3, 0.4) is 0 Å². The molecule has 1 N–H and O–H groups in total. The van der Waals surface area contributed by atoms with Crippen molar-refractivity contribution in [3.05, 3.63) is 25.3 Å². The van der Waals surface area contributed by atoms with E-state index in [4.69, 9.17) is 5.11 Å². The van der Waals surface area contributed by atoms with Crippen LogP contribution in [0.25, 0.3) is 0 Å². The normalized spacial score (nSPS) is 13.9. The van der Waals surface area contributed by atoms with Gasteiger partial charge in [0.05, 0.1) is 5.75 Å². The van der Waals surface area contributed by atoms with E-state index in [1.54, 1.807) is 0 Å². The van der Waals surface area contributed by atoms with E-state index >= 15 is 0 Å². The third-order valence-corrected chi connectivity index (χ3v) is 1.90. The maximum atomic E-state index is 10.7. The van der Waals surface area contributed by atoms with Crippen LogP contribution in [0.2, 0.25) is 0 Å². The van der Waals surface area contributed by atoms with Crippen molar-refractivity contribution in [2.45, 2.75) is 6.29 Å². The fourth-order valence-corrected chi connectivity index (χ4v) is 1.12. The molecule has 0 fully saturated rings. The SMILES string of the molecule is C=CCS(=O)(=O)OC(O)C=C. The predicted octanol–water partition coefficient (Wildman–Crippen LogP) is 0.0232. The quantitative estimate of drug-likeness (QED) is 0.366. The predicted molar refractivity (Wildman–Crippen MR) is 41.3 cm³/mol. The molecule has 5 heteroatoms. The zero-order valence-electron chi connectivity index (χ0n) is 5.93. The van der Waals surface area contributed by atoms with E-state index in [-0.39, 0.29) is 5.75 Å². The Bertz CT molecular complexity index is 229. The highest BCUT2D eigenvalue weighted by Gasteiger charge is 2.12. The minimum absolute atomic E-state index is 0.322. The highest BCUT2D eigenvalue weighted by atomic mass is 32.2. The third kappa shape index (κ3) is 4.72. The fraction of sp³-hybridized carbons (Fsp3) is 0.333. The summed E-state index contributed by atoms with van der Waals surface area (Å²) in [6.45, 7) is 6.35. The van der Waals surface area contributed by atoms with Crippen LogP contribution in [0.15, 0.2) is 25.3 Å². The van der Waals surface area contributed by atoms with Crippen LogP contribution in [0, 0.1) is 0 Å². The van der Waals surface area contributed by atoms with Gasteiger partial charge in [0.1, 0.15) is 0 Å². The first-order valence-electron chi connectivity index (χ1n) is 2.84. The molecule has 0 aromatic rings. The Kier molecular flexibility index (Phi) is 4.02. The van der Waals surface area contributed by atoms with Gasteiger partial charge < -0.3 is 5.11 Å². The van der Waals surface area contributed by atoms with Crippen molar-refractivity contribution in [3.8, 4) is 0 Å². The summed E-state index contributed by atoms with van der Waals surface area (Å²) in [7, 11) is -3.68. The number of rotatable bonds is 5. The van der Waals surface area contributed by atoms with E-state index in [9.17, 15) is 8.42 Å². The van der Waals surface area contributed by atoms with E-state index in [1.165, 1.54) is 6.08 Å². The lowest BCUT2D eigenvalue weighted by atomic mass is 10.6. The van der Waals surface area contributed by atoms with Crippen molar-refractivity contribution in [2.24, 2.45) is 0 Å². The summed E-state index contributed by atoms with van der Waals surface area (Å²) in [6, 6.07) is 0. The van der Waals surface area contributed by atoms with Gasteiger partial charge in [-0.15, -0.1) is 6.58 Å². The molecular formula is C6H10O4S. The van der Waals surface area contributed by atoms with Gasteiger partial charge in [-0.2, -0.15) is 8.42 Å². The Hall–Kier alpha value is -0.650. The number of aliphatic hydroxyl groups is 1. The number of hydrogen-bond acceptors (Lipinski definition) is 4. The molecule has 1 atom stereocenters. The maximum absolute atomic E-state index is 10.7. The van der Waals surface area contributed by atoms with Gasteiger partial charge in [-0.05, 0) is 6.08 Å². The van der Waals surface area contributed by atoms with Crippen molar-refractivity contribution in [3.63, 3.8) is 0 Å². The molecule has 0 saturated heterocycles. The van der Waals surface area contributed by atoms with Crippen molar-refractivity contribution in [1.29, 1.82) is 0 Å². The van der Waals surface area contributed by atoms with E-state index < -0.39 is 16.4 Å². The molecule has 0 saturated carbocycles. The van der Waals surface area contributed by atoms with Gasteiger partial charge in [-0.3, -0.25) is 0 Å². The van der Waals surface area contributed by atoms with Gasteiger partial charge in [0.2, 0.25) is 0 Å². The topological polar surface area (TPSA) is 63.6 Å². The molecule has 4 nitrogen and oxygen atoms in total. The van der Waals surface area contributed by atoms with E-state index in [1.807, 2.05) is 0 Å². The smallest absolute Gasteiger partial charge is 0.273 e. The zero-order chi connectivity index (χ0) is 8.91. The van der Waals surface area contributed by atoms with Crippen LogP contribution < -0.4 is 0 Å². The largest absolute Gasteiger partial charge is 0.364 e. The van der Waals surface area contributed by atoms with E-state index in [0.717, 1.165) is 6.08 Å². The fourth-order valence-electron chi connectivity index (χ4n) is 0.373. The Labute approximate surface area is 65.9 Å². The lowest BCUT2D eigenvalue weighted by molar-refractivity contribution is 0.0314. The first-order chi connectivity index (χ1) is 5.02. The van der Waals surface area contributed by atoms with Crippen molar-refractivity contribution in [2.75, 3.05) is 5.75 Å². The second-order valence-corrected chi connectivity index (χ2v) is 3.38. The summed E-state index contributed by atoms with van der Waals surface area (Å²) in [4.78, 5) is 0. The Morgan fingerprint density at radius 3 is 2.45 bits per heavy atom. The molecule has 0 aromatic heterocycles. The molecule has 64 valence electrons. The van der Waals surface area contributed by atoms with Crippen LogP contribution in [0.1, 0.15) is 0 Å². The lowest BCUT2D eigenvalue weighted by Gasteiger charge is -2.04. The van der Waals surface area contributed by atoms with Crippen molar-refractivity contribution in [1.82, 2.24) is 0 Å². The van der Waals surface area contributed by atoms with Crippen molar-refractivity contribution >= 4 is 10.1 Å². The Morgan fingerprint density at radius 1 is 1.55 bits per heavy atom. The van der Waals surface area contributed by atoms with Crippen LogP contribution in [-0.2, 0) is 14.3 Å². The molecule has 0 aliphatic heterocycles. The summed E-state index contributed by atoms with van der Waals surface area (Å²) in [6.07, 6.45) is 0.672. The molecule has 0 aliphatic carbocycles. The van der Waals surface area contributed by atoms with Crippen LogP contribution >= 0.6 is 0 Å². The summed E-state index contributed by atoms with van der Waals surface area (Å²) in [5.74, 6) is -0.322. The molecule has 0 spiro atoms. The molecule has 0 aliphatic rings. The minimum Gasteiger partial charge on any atom is -0.364 e. The van der Waals surface area contributed by atoms with Crippen LogP contribution in [0.5, 0.6) is 0 Å². The molecule has 0 bridgehead atoms. The van der Waals surface area contributed by atoms with Crippen molar-refractivity contribution < 1.29 is 17.7 Å². The summed E-state index contributed by atoms with van der Waals surface area (Å²) < 4.78 is 25.6. The van der Waals surface area contributed by atoms with Gasteiger partial charge >= 0.3 is 0 Å². The second-order valence-electron chi connectivity index (χ2n) is 1.74. The summed E-state index contributed by atoms with van der Waals surface area (Å²) >= 11 is 0. The molecule has 0 aromatic carbocycles. The highest BCUT2D eigenvalue weighted by molar-refractivity contribution is 7.86. The third-order valence-electron chi connectivity index (χ3n) is 0.769. The molecule has 11 heavy (non-hydrogen) atoms. The monoisotopic (exact) mass is 178 g/mol. The van der Waals surface area contributed by atoms with E-state index in [2.05, 4.69) is 17.3 Å². The molecule has 0 amide bonds. The molecule has 0 rings (SSSR count). The minimum atomic E-state index is -3.68. The average Bonchev–Trinajstić information content (AvgIpc) is 1.86. The number of hydrogen-bond donors (Lipinski definition) is 1. The van der Waals surface area contributed by atoms with Gasteiger partial charge in [0, 0.05) is 0 Å². The standard InChI is InChI=1S/C6H10O4S/c1-3-5-11(8,9)10-6(7)4-2/h3-4,6-7H,1-2,5H2. The highest BCUT2D eigenvalue weighted by Crippen LogP contribution is 1.98. The molecule has 0 radical (unpaired) electrons. The van der Waals surface area contributed by atoms with Crippen LogP contribution in [-0.4, -0.2) is 25.6 Å². The van der Waals surface area contributed by atoms with Gasteiger partial charge in [-0.25, -0.2) is 4.18 Å². The first-order valence-corrected chi connectivity index (χ1v) is 4.42. The summed E-state index contributed by atoms with van der Waals surface area (Å²) in [5.41, 5.74) is 0. The van der Waals surface area contributed by atoms with Gasteiger partial charge in [-0.1, -0.05) is 12.7 Å². The number of aliphatic hydroxyl groups excluding tert-OH is 1. The van der Waals surface area contributed by atoms with Crippen LogP contribution in [0.4, 0.5) is 0 Å². The maximum Gasteiger partial charge on any atom is 0.273 e. The average molecular weight is 178 g/mol. The first kappa shape index (κ1) is 10.3. The van der Waals surface area contributed by atoms with Gasteiger partial charge in [0.25, 0.3) is 10.1 Å². The summed E-state index contributed by atoms with van der Waals surface area (Å²) in [5, 5.41) is 8.67. The zero-order valence-corrected chi connectivity index (χ0v) is 6.75. The molecule has 0 heterocycles. The Balaban J connectivity index is 4.12. The Morgan fingerprint density at radius 2 is 2.09 bits per heavy atom. The molecular weight excluding hydrogens is 168 g/mol. The van der Waals surface area contributed by atoms with E-state index in [0.29, 0.717) is 0 Å². The molecule has 1 unspecified atom stereocenters. The van der Waals surface area contributed by atoms with Gasteiger partial charge in [0.15, 0.2) is 6.29 Å². The second kappa shape index (κ2) is 4.27.